The monoisotopic (exact) mass is 423 g/mol. The van der Waals surface area contributed by atoms with Crippen LogP contribution in [0.15, 0.2) is 24.3 Å². The van der Waals surface area contributed by atoms with E-state index in [4.69, 9.17) is 0 Å². The molecule has 1 aromatic carbocycles. The lowest BCUT2D eigenvalue weighted by atomic mass is 10.2. The highest BCUT2D eigenvalue weighted by atomic mass is 19.4. The summed E-state index contributed by atoms with van der Waals surface area (Å²) in [5.41, 5.74) is -1.23. The van der Waals surface area contributed by atoms with Crippen LogP contribution in [0.1, 0.15) is 0 Å². The molecule has 0 saturated carbocycles. The number of hydrogen-bond acceptors (Lipinski definition) is 2. The highest BCUT2D eigenvalue weighted by Crippen LogP contribution is 2.51. The van der Waals surface area contributed by atoms with Gasteiger partial charge in [-0.05, 0) is 12.1 Å². The van der Waals surface area contributed by atoms with Gasteiger partial charge in [0.2, 0.25) is 0 Å². The first-order valence-corrected chi connectivity index (χ1v) is 6.21. The van der Waals surface area contributed by atoms with E-state index in [0.29, 0.717) is 12.1 Å². The number of anilines is 1. The molecule has 0 spiro atoms. The summed E-state index contributed by atoms with van der Waals surface area (Å²) in [4.78, 5) is 11.3. The van der Waals surface area contributed by atoms with E-state index in [1.807, 2.05) is 4.74 Å². The van der Waals surface area contributed by atoms with Gasteiger partial charge < -0.3 is 5.32 Å². The van der Waals surface area contributed by atoms with Gasteiger partial charge in [0, 0.05) is 0 Å². The van der Waals surface area contributed by atoms with E-state index in [1.165, 1.54) is 0 Å². The Morgan fingerprint density at radius 1 is 0.815 bits per heavy atom. The normalized spacial score (nSPS) is 16.0. The van der Waals surface area contributed by atoms with Crippen LogP contribution in [0, 0.1) is 5.82 Å². The number of hydrogen-bond donors (Lipinski definition) is 1. The Bertz CT molecular complexity index is 698. The molecule has 1 amide bonds. The van der Waals surface area contributed by atoms with Crippen LogP contribution >= 0.6 is 0 Å². The van der Waals surface area contributed by atoms with Crippen molar-refractivity contribution in [1.82, 2.24) is 0 Å². The van der Waals surface area contributed by atoms with Crippen molar-refractivity contribution in [2.45, 2.75) is 30.2 Å². The van der Waals surface area contributed by atoms with Gasteiger partial charge >= 0.3 is 30.2 Å². The molecule has 0 fully saturated rings. The molecule has 0 aliphatic heterocycles. The molecule has 0 saturated heterocycles. The number of benzene rings is 1. The fraction of sp³-hybridized carbons (Fsp3) is 0.417. The van der Waals surface area contributed by atoms with Crippen LogP contribution in [0.5, 0.6) is 0 Å². The van der Waals surface area contributed by atoms with Crippen molar-refractivity contribution >= 4 is 11.6 Å². The van der Waals surface area contributed by atoms with Crippen molar-refractivity contribution in [3.8, 4) is 0 Å². The van der Waals surface area contributed by atoms with Crippen LogP contribution in [0.25, 0.3) is 0 Å². The van der Waals surface area contributed by atoms with Crippen molar-refractivity contribution in [1.29, 1.82) is 0 Å². The molecular formula is C12H5F12NO2. The van der Waals surface area contributed by atoms with E-state index in [-0.39, 0.29) is 0 Å². The third kappa shape index (κ3) is 4.22. The molecular weight excluding hydrogens is 418 g/mol. The molecule has 1 atom stereocenters. The van der Waals surface area contributed by atoms with Gasteiger partial charge in [-0.15, -0.1) is 0 Å². The van der Waals surface area contributed by atoms with Crippen LogP contribution in [0.3, 0.4) is 0 Å². The molecule has 0 aromatic heterocycles. The fourth-order valence-corrected chi connectivity index (χ4v) is 1.40. The summed E-state index contributed by atoms with van der Waals surface area (Å²) in [5.74, 6) is -18.5. The lowest BCUT2D eigenvalue weighted by molar-refractivity contribution is -0.472. The molecule has 154 valence electrons. The Balaban J connectivity index is 3.32. The first-order chi connectivity index (χ1) is 11.9. The quantitative estimate of drug-likeness (QED) is 0.692. The number of rotatable bonds is 5. The molecule has 0 radical (unpaired) electrons. The average molecular weight is 423 g/mol. The molecule has 0 bridgehead atoms. The SMILES string of the molecule is O=C(Nc1ccccc1F)[C@@](F)(OC(F)(F)C(F)(F)C(F)(F)F)C(F)(F)F. The summed E-state index contributed by atoms with van der Waals surface area (Å²) in [5, 5.41) is 0.777. The number of amides is 1. The van der Waals surface area contributed by atoms with Gasteiger partial charge in [0.05, 0.1) is 5.69 Å². The van der Waals surface area contributed by atoms with Crippen molar-refractivity contribution < 1.29 is 62.2 Å². The van der Waals surface area contributed by atoms with Crippen LogP contribution in [0.4, 0.5) is 58.4 Å². The Kier molecular flexibility index (Phi) is 5.72. The van der Waals surface area contributed by atoms with Gasteiger partial charge in [0.25, 0.3) is 5.91 Å². The van der Waals surface area contributed by atoms with Gasteiger partial charge in [-0.2, -0.15) is 48.3 Å². The first-order valence-electron chi connectivity index (χ1n) is 6.21. The number of halogens is 12. The predicted octanol–water partition coefficient (Wildman–Crippen LogP) is 4.80. The molecule has 1 aromatic rings. The highest BCUT2D eigenvalue weighted by Gasteiger charge is 2.79. The third-order valence-corrected chi connectivity index (χ3v) is 2.77. The van der Waals surface area contributed by atoms with Gasteiger partial charge in [-0.1, -0.05) is 12.1 Å². The predicted molar refractivity (Wildman–Crippen MR) is 62.0 cm³/mol. The zero-order valence-electron chi connectivity index (χ0n) is 12.2. The summed E-state index contributed by atoms with van der Waals surface area (Å²) in [7, 11) is 0. The first kappa shape index (κ1) is 22.9. The van der Waals surface area contributed by atoms with E-state index in [1.54, 1.807) is 0 Å². The Morgan fingerprint density at radius 3 is 1.70 bits per heavy atom. The minimum atomic E-state index is -7.30. The summed E-state index contributed by atoms with van der Waals surface area (Å²) in [6.07, 6.45) is -21.2. The minimum Gasteiger partial charge on any atom is -0.318 e. The molecule has 0 aliphatic rings. The summed E-state index contributed by atoms with van der Waals surface area (Å²) >= 11 is 0. The number of ether oxygens (including phenoxy) is 1. The summed E-state index contributed by atoms with van der Waals surface area (Å²) < 4.78 is 154. The van der Waals surface area contributed by atoms with Crippen LogP contribution < -0.4 is 5.32 Å². The molecule has 1 rings (SSSR count). The second-order valence-electron chi connectivity index (χ2n) is 4.72. The fourth-order valence-electron chi connectivity index (χ4n) is 1.40. The lowest BCUT2D eigenvalue weighted by Crippen LogP contribution is -2.62. The third-order valence-electron chi connectivity index (χ3n) is 2.77. The smallest absolute Gasteiger partial charge is 0.318 e. The maximum atomic E-state index is 13.9. The highest BCUT2D eigenvalue weighted by molar-refractivity contribution is 5.97. The van der Waals surface area contributed by atoms with Crippen molar-refractivity contribution in [2.24, 2.45) is 0 Å². The molecule has 0 aliphatic carbocycles. The maximum absolute atomic E-state index is 13.9. The van der Waals surface area contributed by atoms with Crippen molar-refractivity contribution in [3.63, 3.8) is 0 Å². The molecule has 27 heavy (non-hydrogen) atoms. The van der Waals surface area contributed by atoms with E-state index >= 15 is 0 Å². The second kappa shape index (κ2) is 6.76. The zero-order valence-corrected chi connectivity index (χ0v) is 12.2. The van der Waals surface area contributed by atoms with Gasteiger partial charge in [-0.25, -0.2) is 4.39 Å². The van der Waals surface area contributed by atoms with Crippen LogP contribution in [-0.4, -0.2) is 36.1 Å². The van der Waals surface area contributed by atoms with Gasteiger partial charge in [0.1, 0.15) is 5.82 Å². The zero-order chi connectivity index (χ0) is 21.5. The number of nitrogens with one attached hydrogen (secondary N) is 1. The average Bonchev–Trinajstić information content (AvgIpc) is 2.46. The molecule has 0 unspecified atom stereocenters. The number of para-hydroxylation sites is 1. The summed E-state index contributed by atoms with van der Waals surface area (Å²) in [6.45, 7) is 0. The van der Waals surface area contributed by atoms with Gasteiger partial charge in [0.15, 0.2) is 0 Å². The standard InChI is InChI=1S/C12H5F12NO2/c13-5-3-1-2-4-6(5)25-7(26)8(14,10(17,18)19)27-12(23,24)9(15,16)11(20,21)22/h1-4H,(H,25,26)/t8-/m1/s1. The maximum Gasteiger partial charge on any atom is 0.462 e. The van der Waals surface area contributed by atoms with Crippen LogP contribution in [0.2, 0.25) is 0 Å². The molecule has 0 heterocycles. The minimum absolute atomic E-state index is 0.506. The van der Waals surface area contributed by atoms with E-state index in [2.05, 4.69) is 0 Å². The van der Waals surface area contributed by atoms with E-state index < -0.39 is 47.7 Å². The molecule has 3 nitrogen and oxygen atoms in total. The lowest BCUT2D eigenvalue weighted by Gasteiger charge is -2.34. The molecule has 1 N–H and O–H groups in total. The Morgan fingerprint density at radius 2 is 1.30 bits per heavy atom. The Hall–Kier alpha value is -2.19. The van der Waals surface area contributed by atoms with Crippen LogP contribution in [-0.2, 0) is 9.53 Å². The van der Waals surface area contributed by atoms with Gasteiger partial charge in [-0.3, -0.25) is 9.53 Å². The topological polar surface area (TPSA) is 38.3 Å². The Labute approximate surface area is 140 Å². The van der Waals surface area contributed by atoms with E-state index in [0.717, 1.165) is 17.4 Å². The second-order valence-corrected chi connectivity index (χ2v) is 4.72. The summed E-state index contributed by atoms with van der Waals surface area (Å²) in [6, 6.07) is 2.83. The van der Waals surface area contributed by atoms with Crippen molar-refractivity contribution in [2.75, 3.05) is 5.32 Å². The number of carbonyl (C=O) groups excluding carboxylic acids is 1. The van der Waals surface area contributed by atoms with E-state index in [9.17, 15) is 57.5 Å². The van der Waals surface area contributed by atoms with Crippen molar-refractivity contribution in [3.05, 3.63) is 30.1 Å². The largest absolute Gasteiger partial charge is 0.462 e. The number of carbonyl (C=O) groups is 1. The molecule has 15 heteroatoms. The number of alkyl halides is 11.